The number of nitrogens with zero attached hydrogens (tertiary/aromatic N) is 1. The fourth-order valence-corrected chi connectivity index (χ4v) is 5.26. The number of carbonyl (C=O) groups excluding carboxylic acids is 1. The summed E-state index contributed by atoms with van der Waals surface area (Å²) in [5.41, 5.74) is 8.14. The summed E-state index contributed by atoms with van der Waals surface area (Å²) in [5.74, 6) is -0.0217. The summed E-state index contributed by atoms with van der Waals surface area (Å²) in [6.07, 6.45) is 4.18. The van der Waals surface area contributed by atoms with Crippen LogP contribution in [0.5, 0.6) is 0 Å². The molecule has 1 atom stereocenters. The number of nitrogens with one attached hydrogen (secondary N) is 3. The second-order valence-electron chi connectivity index (χ2n) is 8.88. The molecule has 1 spiro atoms. The van der Waals surface area contributed by atoms with Gasteiger partial charge in [0.2, 0.25) is 0 Å². The van der Waals surface area contributed by atoms with Crippen LogP contribution in [0.25, 0.3) is 0 Å². The number of fused-ring (bicyclic) bond motifs is 4. The summed E-state index contributed by atoms with van der Waals surface area (Å²) in [6, 6.07) is 10.8. The van der Waals surface area contributed by atoms with E-state index in [9.17, 15) is 4.79 Å². The maximum atomic E-state index is 13.0. The van der Waals surface area contributed by atoms with Crippen LogP contribution < -0.4 is 20.9 Å². The molecule has 2 aliphatic heterocycles. The third kappa shape index (κ3) is 3.01. The summed E-state index contributed by atoms with van der Waals surface area (Å²) >= 11 is 0. The Balaban J connectivity index is 1.53. The van der Waals surface area contributed by atoms with Crippen molar-refractivity contribution < 1.29 is 9.53 Å². The van der Waals surface area contributed by atoms with Crippen molar-refractivity contribution in [2.24, 2.45) is 0 Å². The van der Waals surface area contributed by atoms with Crippen LogP contribution in [0.4, 0.5) is 17.1 Å². The van der Waals surface area contributed by atoms with E-state index in [0.29, 0.717) is 13.2 Å². The molecule has 6 heteroatoms. The van der Waals surface area contributed by atoms with Gasteiger partial charge in [0, 0.05) is 31.8 Å². The topological polar surface area (TPSA) is 65.6 Å². The lowest BCUT2D eigenvalue weighted by Gasteiger charge is -2.38. The van der Waals surface area contributed by atoms with Crippen LogP contribution in [-0.4, -0.2) is 44.9 Å². The van der Waals surface area contributed by atoms with E-state index in [1.165, 1.54) is 11.1 Å². The number of anilines is 3. The summed E-state index contributed by atoms with van der Waals surface area (Å²) in [4.78, 5) is 15.2. The van der Waals surface area contributed by atoms with Gasteiger partial charge in [-0.2, -0.15) is 0 Å². The molecule has 30 heavy (non-hydrogen) atoms. The number of benzene rings is 2. The number of hydrogen-bond acceptors (Lipinski definition) is 5. The first kappa shape index (κ1) is 19.2. The van der Waals surface area contributed by atoms with Crippen molar-refractivity contribution in [3.8, 4) is 0 Å². The molecule has 158 valence electrons. The van der Waals surface area contributed by atoms with Gasteiger partial charge in [-0.15, -0.1) is 0 Å². The highest BCUT2D eigenvalue weighted by Gasteiger charge is 2.42. The molecule has 0 bridgehead atoms. The highest BCUT2D eigenvalue weighted by molar-refractivity contribution is 6.03. The van der Waals surface area contributed by atoms with Crippen molar-refractivity contribution in [2.45, 2.75) is 44.3 Å². The average Bonchev–Trinajstić information content (AvgIpc) is 3.24. The van der Waals surface area contributed by atoms with Gasteiger partial charge in [-0.25, -0.2) is 0 Å². The summed E-state index contributed by atoms with van der Waals surface area (Å²) < 4.78 is 5.09. The summed E-state index contributed by atoms with van der Waals surface area (Å²) in [5, 5.41) is 10.6. The largest absolute Gasteiger partial charge is 0.383 e. The SMILES string of the molecule is COCCNC(=O)c1cc2c(c3c1CCC1(Cc4ccccc4C1)N3)NC(C)N2C. The Labute approximate surface area is 178 Å². The zero-order valence-corrected chi connectivity index (χ0v) is 18.0. The van der Waals surface area contributed by atoms with E-state index >= 15 is 0 Å². The number of ether oxygens (including phenoxy) is 1. The Kier molecular flexibility index (Phi) is 4.62. The maximum Gasteiger partial charge on any atom is 0.251 e. The minimum absolute atomic E-state index is 0.0217. The third-order valence-corrected chi connectivity index (χ3v) is 6.98. The normalized spacial score (nSPS) is 20.2. The van der Waals surface area contributed by atoms with E-state index in [1.807, 2.05) is 0 Å². The molecule has 0 saturated heterocycles. The molecule has 2 aromatic rings. The Hall–Kier alpha value is -2.73. The molecule has 1 amide bonds. The molecule has 3 aliphatic rings. The summed E-state index contributed by atoms with van der Waals surface area (Å²) in [7, 11) is 3.72. The van der Waals surface area contributed by atoms with Gasteiger partial charge in [0.15, 0.2) is 0 Å². The molecule has 2 heterocycles. The van der Waals surface area contributed by atoms with Gasteiger partial charge in [0.1, 0.15) is 0 Å². The molecule has 3 N–H and O–H groups in total. The van der Waals surface area contributed by atoms with Gasteiger partial charge in [0.05, 0.1) is 29.8 Å². The molecule has 0 fully saturated rings. The third-order valence-electron chi connectivity index (χ3n) is 6.98. The Morgan fingerprint density at radius 2 is 2.00 bits per heavy atom. The number of methoxy groups -OCH3 is 1. The van der Waals surface area contributed by atoms with Crippen LogP contribution in [0, 0.1) is 0 Å². The standard InChI is InChI=1S/C24H30N4O2/c1-15-26-22-20(28(15)2)12-19(23(29)25-10-11-30-3)18-8-9-24(27-21(18)22)13-16-6-4-5-7-17(16)14-24/h4-7,12,15,26-27H,8-11,13-14H2,1-3H3,(H,25,29). The van der Waals surface area contributed by atoms with Crippen LogP contribution in [0.3, 0.4) is 0 Å². The second kappa shape index (κ2) is 7.20. The van der Waals surface area contributed by atoms with Crippen LogP contribution >= 0.6 is 0 Å². The predicted molar refractivity (Wildman–Crippen MR) is 121 cm³/mol. The van der Waals surface area contributed by atoms with Crippen LogP contribution in [0.15, 0.2) is 30.3 Å². The van der Waals surface area contributed by atoms with Crippen molar-refractivity contribution in [2.75, 3.05) is 42.8 Å². The van der Waals surface area contributed by atoms with Crippen molar-refractivity contribution in [1.29, 1.82) is 0 Å². The van der Waals surface area contributed by atoms with E-state index in [1.54, 1.807) is 7.11 Å². The Morgan fingerprint density at radius 3 is 2.70 bits per heavy atom. The lowest BCUT2D eigenvalue weighted by Crippen LogP contribution is -2.43. The van der Waals surface area contributed by atoms with Gasteiger partial charge in [-0.05, 0) is 55.4 Å². The summed E-state index contributed by atoms with van der Waals surface area (Å²) in [6.45, 7) is 3.17. The quantitative estimate of drug-likeness (QED) is 0.681. The lowest BCUT2D eigenvalue weighted by molar-refractivity contribution is 0.0936. The van der Waals surface area contributed by atoms with E-state index in [-0.39, 0.29) is 17.6 Å². The number of rotatable bonds is 4. The predicted octanol–water partition coefficient (Wildman–Crippen LogP) is 3.17. The number of amides is 1. The molecular formula is C24H30N4O2. The van der Waals surface area contributed by atoms with Gasteiger partial charge < -0.3 is 25.6 Å². The highest BCUT2D eigenvalue weighted by Crippen LogP contribution is 2.49. The maximum absolute atomic E-state index is 13.0. The lowest BCUT2D eigenvalue weighted by atomic mass is 9.81. The molecule has 1 aliphatic carbocycles. The first-order valence-electron chi connectivity index (χ1n) is 10.8. The van der Waals surface area contributed by atoms with E-state index in [2.05, 4.69) is 65.2 Å². The van der Waals surface area contributed by atoms with Crippen molar-refractivity contribution in [3.05, 3.63) is 52.6 Å². The van der Waals surface area contributed by atoms with Crippen molar-refractivity contribution in [1.82, 2.24) is 5.32 Å². The van der Waals surface area contributed by atoms with E-state index in [0.717, 1.165) is 53.9 Å². The van der Waals surface area contributed by atoms with Gasteiger partial charge in [-0.1, -0.05) is 24.3 Å². The van der Waals surface area contributed by atoms with Gasteiger partial charge in [-0.3, -0.25) is 4.79 Å². The molecule has 6 nitrogen and oxygen atoms in total. The number of carbonyl (C=O) groups is 1. The molecule has 0 aromatic heterocycles. The van der Waals surface area contributed by atoms with Crippen LogP contribution in [-0.2, 0) is 24.0 Å². The smallest absolute Gasteiger partial charge is 0.251 e. The van der Waals surface area contributed by atoms with Gasteiger partial charge >= 0.3 is 0 Å². The molecular weight excluding hydrogens is 376 g/mol. The molecule has 1 unspecified atom stereocenters. The van der Waals surface area contributed by atoms with E-state index in [4.69, 9.17) is 4.74 Å². The fraction of sp³-hybridized carbons (Fsp3) is 0.458. The van der Waals surface area contributed by atoms with Crippen molar-refractivity contribution in [3.63, 3.8) is 0 Å². The second-order valence-corrected chi connectivity index (χ2v) is 8.88. The molecule has 0 saturated carbocycles. The van der Waals surface area contributed by atoms with Crippen LogP contribution in [0.1, 0.15) is 40.4 Å². The average molecular weight is 407 g/mol. The van der Waals surface area contributed by atoms with Crippen LogP contribution in [0.2, 0.25) is 0 Å². The highest BCUT2D eigenvalue weighted by atomic mass is 16.5. The molecule has 5 rings (SSSR count). The monoisotopic (exact) mass is 406 g/mol. The fourth-order valence-electron chi connectivity index (χ4n) is 5.26. The zero-order valence-electron chi connectivity index (χ0n) is 18.0. The minimum Gasteiger partial charge on any atom is -0.383 e. The molecule has 2 aromatic carbocycles. The van der Waals surface area contributed by atoms with Crippen molar-refractivity contribution >= 4 is 23.0 Å². The Morgan fingerprint density at radius 1 is 1.27 bits per heavy atom. The molecule has 0 radical (unpaired) electrons. The number of hydrogen-bond donors (Lipinski definition) is 3. The first-order valence-corrected chi connectivity index (χ1v) is 10.8. The van der Waals surface area contributed by atoms with Gasteiger partial charge in [0.25, 0.3) is 5.91 Å². The minimum atomic E-state index is -0.0217. The van der Waals surface area contributed by atoms with E-state index < -0.39 is 0 Å². The Bertz CT molecular complexity index is 978. The zero-order chi connectivity index (χ0) is 20.9. The first-order chi connectivity index (χ1) is 14.5.